The Labute approximate surface area is 107 Å². The fourth-order valence-corrected chi connectivity index (χ4v) is 3.02. The summed E-state index contributed by atoms with van der Waals surface area (Å²) in [5, 5.41) is 4.11. The second-order valence-corrected chi connectivity index (χ2v) is 5.85. The van der Waals surface area contributed by atoms with E-state index in [9.17, 15) is 0 Å². The first-order valence-electron chi connectivity index (χ1n) is 6.34. The highest BCUT2D eigenvalue weighted by molar-refractivity contribution is 5.45. The van der Waals surface area contributed by atoms with Crippen molar-refractivity contribution in [2.45, 2.75) is 32.6 Å². The van der Waals surface area contributed by atoms with E-state index in [1.54, 1.807) is 0 Å². The summed E-state index contributed by atoms with van der Waals surface area (Å²) in [6, 6.07) is 8.63. The fraction of sp³-hybridized carbons (Fsp3) is 0.400. The minimum Gasteiger partial charge on any atom is -0.395 e. The number of anilines is 1. The lowest BCUT2D eigenvalue weighted by Crippen LogP contribution is -2.32. The number of rotatable bonds is 1. The Bertz CT molecular complexity index is 571. The highest BCUT2D eigenvalue weighted by Gasteiger charge is 2.38. The van der Waals surface area contributed by atoms with Gasteiger partial charge in [-0.2, -0.15) is 0 Å². The van der Waals surface area contributed by atoms with E-state index < -0.39 is 0 Å². The molecule has 1 aromatic heterocycles. The third-order valence-corrected chi connectivity index (χ3v) is 4.09. The van der Waals surface area contributed by atoms with Crippen LogP contribution in [-0.4, -0.2) is 5.16 Å². The number of aromatic nitrogens is 1. The standard InChI is InChI=1S/C15H18N2O/c1-15(2)8-11-6-4-3-5-10(11)7-12(15)14-13(16)9-18-17-14/h3-6,9,12H,7-8,16H2,1-2H3. The quantitative estimate of drug-likeness (QED) is 0.835. The van der Waals surface area contributed by atoms with Gasteiger partial charge in [0.05, 0.1) is 5.69 Å². The van der Waals surface area contributed by atoms with E-state index in [0.29, 0.717) is 11.6 Å². The molecule has 94 valence electrons. The molecule has 1 atom stereocenters. The molecule has 0 saturated heterocycles. The average Bonchev–Trinajstić information content (AvgIpc) is 2.73. The Kier molecular flexibility index (Phi) is 2.44. The van der Waals surface area contributed by atoms with E-state index in [1.807, 2.05) is 0 Å². The topological polar surface area (TPSA) is 52.0 Å². The van der Waals surface area contributed by atoms with Crippen LogP contribution in [0.3, 0.4) is 0 Å². The van der Waals surface area contributed by atoms with Crippen molar-refractivity contribution in [2.24, 2.45) is 5.41 Å². The molecule has 1 aliphatic rings. The van der Waals surface area contributed by atoms with E-state index in [4.69, 9.17) is 10.3 Å². The van der Waals surface area contributed by atoms with Gasteiger partial charge in [0.25, 0.3) is 0 Å². The second kappa shape index (κ2) is 3.87. The van der Waals surface area contributed by atoms with E-state index in [2.05, 4.69) is 43.3 Å². The van der Waals surface area contributed by atoms with Crippen LogP contribution in [-0.2, 0) is 12.8 Å². The maximum Gasteiger partial charge on any atom is 0.147 e. The van der Waals surface area contributed by atoms with Crippen LogP contribution in [0.4, 0.5) is 5.69 Å². The van der Waals surface area contributed by atoms with Crippen LogP contribution >= 0.6 is 0 Å². The maximum absolute atomic E-state index is 5.96. The molecule has 3 heteroatoms. The first-order chi connectivity index (χ1) is 8.58. The van der Waals surface area contributed by atoms with Gasteiger partial charge in [0.2, 0.25) is 0 Å². The van der Waals surface area contributed by atoms with E-state index in [-0.39, 0.29) is 5.41 Å². The van der Waals surface area contributed by atoms with Crippen LogP contribution in [0.5, 0.6) is 0 Å². The van der Waals surface area contributed by atoms with Gasteiger partial charge in [-0.05, 0) is 29.4 Å². The largest absolute Gasteiger partial charge is 0.395 e. The highest BCUT2D eigenvalue weighted by atomic mass is 16.5. The van der Waals surface area contributed by atoms with Crippen molar-refractivity contribution in [3.8, 4) is 0 Å². The molecule has 18 heavy (non-hydrogen) atoms. The molecule has 0 aliphatic heterocycles. The molecular formula is C15H18N2O. The molecule has 2 aromatic rings. The molecule has 1 aliphatic carbocycles. The molecule has 0 saturated carbocycles. The SMILES string of the molecule is CC1(C)Cc2ccccc2CC1c1nocc1N. The number of hydrogen-bond donors (Lipinski definition) is 1. The molecule has 0 bridgehead atoms. The molecule has 1 aromatic carbocycles. The van der Waals surface area contributed by atoms with Crippen molar-refractivity contribution in [2.75, 3.05) is 5.73 Å². The maximum atomic E-state index is 5.96. The number of nitrogens with zero attached hydrogens (tertiary/aromatic N) is 1. The molecule has 0 spiro atoms. The third-order valence-electron chi connectivity index (χ3n) is 4.09. The minimum atomic E-state index is 0.152. The summed E-state index contributed by atoms with van der Waals surface area (Å²) in [6.07, 6.45) is 3.58. The van der Waals surface area contributed by atoms with E-state index in [1.165, 1.54) is 17.4 Å². The van der Waals surface area contributed by atoms with Crippen molar-refractivity contribution in [1.29, 1.82) is 0 Å². The van der Waals surface area contributed by atoms with Crippen molar-refractivity contribution in [3.05, 3.63) is 47.3 Å². The van der Waals surface area contributed by atoms with Crippen molar-refractivity contribution < 1.29 is 4.52 Å². The summed E-state index contributed by atoms with van der Waals surface area (Å²) < 4.78 is 5.00. The fourth-order valence-electron chi connectivity index (χ4n) is 3.02. The van der Waals surface area contributed by atoms with Gasteiger partial charge in [0.1, 0.15) is 12.0 Å². The number of nitrogen functional groups attached to an aromatic ring is 1. The van der Waals surface area contributed by atoms with Gasteiger partial charge in [-0.3, -0.25) is 0 Å². The summed E-state index contributed by atoms with van der Waals surface area (Å²) >= 11 is 0. The van der Waals surface area contributed by atoms with Crippen molar-refractivity contribution in [3.63, 3.8) is 0 Å². The summed E-state index contributed by atoms with van der Waals surface area (Å²) in [5.41, 5.74) is 10.5. The molecule has 0 amide bonds. The Morgan fingerprint density at radius 2 is 2.00 bits per heavy atom. The predicted octanol–water partition coefficient (Wildman–Crippen LogP) is 3.17. The van der Waals surface area contributed by atoms with Crippen LogP contribution in [0.25, 0.3) is 0 Å². The van der Waals surface area contributed by atoms with E-state index in [0.717, 1.165) is 18.5 Å². The third kappa shape index (κ3) is 1.70. The molecule has 1 heterocycles. The Hall–Kier alpha value is -1.77. The highest BCUT2D eigenvalue weighted by Crippen LogP contribution is 2.46. The van der Waals surface area contributed by atoms with Crippen LogP contribution < -0.4 is 5.73 Å². The van der Waals surface area contributed by atoms with Crippen LogP contribution in [0, 0.1) is 5.41 Å². The van der Waals surface area contributed by atoms with E-state index >= 15 is 0 Å². The summed E-state index contributed by atoms with van der Waals surface area (Å²) in [4.78, 5) is 0. The zero-order valence-corrected chi connectivity index (χ0v) is 10.8. The lowest BCUT2D eigenvalue weighted by molar-refractivity contribution is 0.251. The predicted molar refractivity (Wildman–Crippen MR) is 71.3 cm³/mol. The van der Waals surface area contributed by atoms with Gasteiger partial charge in [-0.15, -0.1) is 0 Å². The number of hydrogen-bond acceptors (Lipinski definition) is 3. The molecule has 3 rings (SSSR count). The first kappa shape index (κ1) is 11.3. The summed E-state index contributed by atoms with van der Waals surface area (Å²) in [5.74, 6) is 0.325. The smallest absolute Gasteiger partial charge is 0.147 e. The minimum absolute atomic E-state index is 0.152. The molecule has 2 N–H and O–H groups in total. The molecule has 3 nitrogen and oxygen atoms in total. The lowest BCUT2D eigenvalue weighted by Gasteiger charge is -2.38. The monoisotopic (exact) mass is 242 g/mol. The van der Waals surface area contributed by atoms with Crippen LogP contribution in [0.15, 0.2) is 35.1 Å². The Balaban J connectivity index is 2.05. The molecule has 0 fully saturated rings. The van der Waals surface area contributed by atoms with Gasteiger partial charge in [-0.1, -0.05) is 43.3 Å². The molecule has 0 radical (unpaired) electrons. The van der Waals surface area contributed by atoms with Crippen molar-refractivity contribution >= 4 is 5.69 Å². The number of nitrogens with two attached hydrogens (primary N) is 1. The number of benzene rings is 1. The van der Waals surface area contributed by atoms with Gasteiger partial charge in [0.15, 0.2) is 0 Å². The average molecular weight is 242 g/mol. The summed E-state index contributed by atoms with van der Waals surface area (Å²) in [6.45, 7) is 4.56. The van der Waals surface area contributed by atoms with Gasteiger partial charge in [0, 0.05) is 5.92 Å². The summed E-state index contributed by atoms with van der Waals surface area (Å²) in [7, 11) is 0. The Morgan fingerprint density at radius 3 is 2.67 bits per heavy atom. The molecule has 1 unspecified atom stereocenters. The normalized spacial score (nSPS) is 21.6. The zero-order chi connectivity index (χ0) is 12.8. The van der Waals surface area contributed by atoms with Gasteiger partial charge >= 0.3 is 0 Å². The zero-order valence-electron chi connectivity index (χ0n) is 10.8. The second-order valence-electron chi connectivity index (χ2n) is 5.85. The number of fused-ring (bicyclic) bond motifs is 1. The Morgan fingerprint density at radius 1 is 1.28 bits per heavy atom. The van der Waals surface area contributed by atoms with Crippen LogP contribution in [0.1, 0.15) is 36.6 Å². The van der Waals surface area contributed by atoms with Crippen LogP contribution in [0.2, 0.25) is 0 Å². The first-order valence-corrected chi connectivity index (χ1v) is 6.34. The lowest BCUT2D eigenvalue weighted by atomic mass is 9.65. The molecular weight excluding hydrogens is 224 g/mol. The van der Waals surface area contributed by atoms with Crippen molar-refractivity contribution in [1.82, 2.24) is 5.16 Å². The van der Waals surface area contributed by atoms with Gasteiger partial charge < -0.3 is 10.3 Å². The van der Waals surface area contributed by atoms with Gasteiger partial charge in [-0.25, -0.2) is 0 Å².